The van der Waals surface area contributed by atoms with Crippen LogP contribution in [0.5, 0.6) is 0 Å². The highest BCUT2D eigenvalue weighted by Crippen LogP contribution is 2.31. The molecule has 0 saturated carbocycles. The van der Waals surface area contributed by atoms with Crippen LogP contribution in [0.3, 0.4) is 0 Å². The number of pyridine rings is 3. The molecule has 1 N–H and O–H groups in total. The molecule has 0 aliphatic carbocycles. The van der Waals surface area contributed by atoms with Crippen LogP contribution in [0.25, 0.3) is 33.3 Å². The van der Waals surface area contributed by atoms with Gasteiger partial charge in [-0.3, -0.25) is 9.97 Å². The molecule has 0 bridgehead atoms. The van der Waals surface area contributed by atoms with Crippen LogP contribution in [0, 0.1) is 0 Å². The molecule has 102 valence electrons. The van der Waals surface area contributed by atoms with Gasteiger partial charge in [-0.05, 0) is 12.1 Å². The molecule has 6 nitrogen and oxygen atoms in total. The molecule has 4 rings (SSSR count). The maximum absolute atomic E-state index is 5.78. The summed E-state index contributed by atoms with van der Waals surface area (Å²) in [7, 11) is 1.83. The molecule has 0 spiro atoms. The molecule has 4 aromatic rings. The maximum atomic E-state index is 5.78. The number of nitrogens with one attached hydrogen (secondary N) is 1. The first-order chi connectivity index (χ1) is 10.4. The number of aromatic nitrogens is 4. The highest BCUT2D eigenvalue weighted by atomic mass is 16.3. The Labute approximate surface area is 119 Å². The van der Waals surface area contributed by atoms with Gasteiger partial charge < -0.3 is 9.73 Å². The zero-order valence-electron chi connectivity index (χ0n) is 11.2. The first kappa shape index (κ1) is 11.8. The lowest BCUT2D eigenvalue weighted by molar-refractivity contribution is 0.619. The summed E-state index contributed by atoms with van der Waals surface area (Å²) in [6.07, 6.45) is 8.63. The third-order valence-corrected chi connectivity index (χ3v) is 3.35. The molecular formula is C15H11N5O. The van der Waals surface area contributed by atoms with Crippen LogP contribution < -0.4 is 5.32 Å². The molecule has 0 saturated heterocycles. The molecule has 0 radical (unpaired) electrons. The monoisotopic (exact) mass is 277 g/mol. The average Bonchev–Trinajstić information content (AvgIpc) is 2.97. The summed E-state index contributed by atoms with van der Waals surface area (Å²) in [5, 5.41) is 4.98. The number of nitrogens with zero attached hydrogens (tertiary/aromatic N) is 4. The topological polar surface area (TPSA) is 76.7 Å². The molecule has 21 heavy (non-hydrogen) atoms. The highest BCUT2D eigenvalue weighted by Gasteiger charge is 2.14. The zero-order chi connectivity index (χ0) is 14.2. The summed E-state index contributed by atoms with van der Waals surface area (Å²) in [5.41, 5.74) is 2.27. The van der Waals surface area contributed by atoms with E-state index >= 15 is 0 Å². The molecule has 0 fully saturated rings. The van der Waals surface area contributed by atoms with Crippen molar-refractivity contribution in [1.82, 2.24) is 19.9 Å². The number of oxazole rings is 1. The van der Waals surface area contributed by atoms with Crippen molar-refractivity contribution in [3.8, 4) is 11.5 Å². The minimum Gasteiger partial charge on any atom is -0.434 e. The first-order valence-electron chi connectivity index (χ1n) is 6.48. The molecule has 4 aromatic heterocycles. The number of hydrogen-bond acceptors (Lipinski definition) is 6. The second kappa shape index (κ2) is 4.52. The van der Waals surface area contributed by atoms with Gasteiger partial charge >= 0.3 is 0 Å². The second-order valence-electron chi connectivity index (χ2n) is 4.55. The van der Waals surface area contributed by atoms with Gasteiger partial charge in [-0.1, -0.05) is 0 Å². The van der Waals surface area contributed by atoms with Gasteiger partial charge in [0.1, 0.15) is 11.3 Å². The summed E-state index contributed by atoms with van der Waals surface area (Å²) in [5.74, 6) is 1.31. The van der Waals surface area contributed by atoms with E-state index in [0.29, 0.717) is 11.5 Å². The second-order valence-corrected chi connectivity index (χ2v) is 4.55. The molecule has 6 heteroatoms. The van der Waals surface area contributed by atoms with Gasteiger partial charge in [0.2, 0.25) is 5.89 Å². The van der Waals surface area contributed by atoms with Crippen molar-refractivity contribution in [2.45, 2.75) is 0 Å². The Morgan fingerprint density at radius 3 is 2.71 bits per heavy atom. The van der Waals surface area contributed by atoms with E-state index in [1.165, 1.54) is 0 Å². The molecule has 0 aliphatic heterocycles. The molecule has 0 aliphatic rings. The van der Waals surface area contributed by atoms with Gasteiger partial charge in [-0.25, -0.2) is 9.97 Å². The maximum Gasteiger partial charge on any atom is 0.229 e. The van der Waals surface area contributed by atoms with Crippen molar-refractivity contribution in [3.63, 3.8) is 0 Å². The Kier molecular flexibility index (Phi) is 2.53. The van der Waals surface area contributed by atoms with E-state index in [2.05, 4.69) is 25.3 Å². The SMILES string of the molecule is CNc1ncc(-c2nc3ccncc3o2)c2ccncc12. The van der Waals surface area contributed by atoms with E-state index in [1.54, 1.807) is 31.0 Å². The zero-order valence-corrected chi connectivity index (χ0v) is 11.2. The van der Waals surface area contributed by atoms with Crippen molar-refractivity contribution in [2.75, 3.05) is 12.4 Å². The predicted octanol–water partition coefficient (Wildman–Crippen LogP) is 2.87. The average molecular weight is 277 g/mol. The lowest BCUT2D eigenvalue weighted by atomic mass is 10.1. The van der Waals surface area contributed by atoms with Crippen molar-refractivity contribution < 1.29 is 4.42 Å². The van der Waals surface area contributed by atoms with Crippen LogP contribution in [0.4, 0.5) is 5.82 Å². The Morgan fingerprint density at radius 1 is 1.00 bits per heavy atom. The molecule has 4 heterocycles. The van der Waals surface area contributed by atoms with Gasteiger partial charge in [0.25, 0.3) is 0 Å². The van der Waals surface area contributed by atoms with Gasteiger partial charge in [-0.15, -0.1) is 0 Å². The minimum atomic E-state index is 0.532. The fraction of sp³-hybridized carbons (Fsp3) is 0.0667. The Bertz CT molecular complexity index is 914. The number of anilines is 1. The van der Waals surface area contributed by atoms with Gasteiger partial charge in [0, 0.05) is 42.6 Å². The fourth-order valence-corrected chi connectivity index (χ4v) is 2.35. The lowest BCUT2D eigenvalue weighted by Crippen LogP contribution is -1.95. The predicted molar refractivity (Wildman–Crippen MR) is 79.9 cm³/mol. The van der Waals surface area contributed by atoms with Gasteiger partial charge in [0.15, 0.2) is 5.58 Å². The van der Waals surface area contributed by atoms with Crippen LogP contribution in [-0.2, 0) is 0 Å². The standard InChI is InChI=1S/C15H11N5O/c1-16-14-10-6-17-4-2-9(10)11(7-19-14)15-20-12-3-5-18-8-13(12)21-15/h2-8H,1H3,(H,16,19). The first-order valence-corrected chi connectivity index (χ1v) is 6.48. The summed E-state index contributed by atoms with van der Waals surface area (Å²) in [6, 6.07) is 3.75. The fourth-order valence-electron chi connectivity index (χ4n) is 2.35. The summed E-state index contributed by atoms with van der Waals surface area (Å²) in [4.78, 5) is 17.1. The number of fused-ring (bicyclic) bond motifs is 2. The van der Waals surface area contributed by atoms with E-state index in [0.717, 1.165) is 27.7 Å². The van der Waals surface area contributed by atoms with E-state index < -0.39 is 0 Å². The minimum absolute atomic E-state index is 0.532. The molecular weight excluding hydrogens is 266 g/mol. The number of hydrogen-bond donors (Lipinski definition) is 1. The van der Waals surface area contributed by atoms with Gasteiger partial charge in [0.05, 0.1) is 11.8 Å². The highest BCUT2D eigenvalue weighted by molar-refractivity contribution is 6.00. The lowest BCUT2D eigenvalue weighted by Gasteiger charge is -2.07. The van der Waals surface area contributed by atoms with Crippen molar-refractivity contribution >= 4 is 27.7 Å². The third kappa shape index (κ3) is 1.80. The van der Waals surface area contributed by atoms with E-state index in [1.807, 2.05) is 19.2 Å². The quantitative estimate of drug-likeness (QED) is 0.607. The summed E-state index contributed by atoms with van der Waals surface area (Å²) in [6.45, 7) is 0. The van der Waals surface area contributed by atoms with Crippen molar-refractivity contribution in [3.05, 3.63) is 43.1 Å². The van der Waals surface area contributed by atoms with E-state index in [9.17, 15) is 0 Å². The van der Waals surface area contributed by atoms with Crippen LogP contribution in [-0.4, -0.2) is 27.0 Å². The van der Waals surface area contributed by atoms with Crippen LogP contribution >= 0.6 is 0 Å². The summed E-state index contributed by atoms with van der Waals surface area (Å²) >= 11 is 0. The smallest absolute Gasteiger partial charge is 0.229 e. The molecule has 0 amide bonds. The largest absolute Gasteiger partial charge is 0.434 e. The van der Waals surface area contributed by atoms with E-state index in [4.69, 9.17) is 4.42 Å². The molecule has 0 aromatic carbocycles. The normalized spacial score (nSPS) is 11.1. The van der Waals surface area contributed by atoms with Crippen LogP contribution in [0.1, 0.15) is 0 Å². The van der Waals surface area contributed by atoms with Crippen LogP contribution in [0.15, 0.2) is 47.5 Å². The Hall–Kier alpha value is -3.02. The van der Waals surface area contributed by atoms with Gasteiger partial charge in [-0.2, -0.15) is 0 Å². The Morgan fingerprint density at radius 2 is 1.86 bits per heavy atom. The van der Waals surface area contributed by atoms with Crippen LogP contribution in [0.2, 0.25) is 0 Å². The van der Waals surface area contributed by atoms with E-state index in [-0.39, 0.29) is 0 Å². The number of rotatable bonds is 2. The van der Waals surface area contributed by atoms with Crippen molar-refractivity contribution in [1.29, 1.82) is 0 Å². The van der Waals surface area contributed by atoms with Crippen molar-refractivity contribution in [2.24, 2.45) is 0 Å². The Balaban J connectivity index is 2.02. The molecule has 0 unspecified atom stereocenters. The summed E-state index contributed by atoms with van der Waals surface area (Å²) < 4.78 is 5.78. The molecule has 0 atom stereocenters. The third-order valence-electron chi connectivity index (χ3n) is 3.35.